The van der Waals surface area contributed by atoms with Crippen molar-refractivity contribution in [3.8, 4) is 0 Å². The van der Waals surface area contributed by atoms with Crippen molar-refractivity contribution in [3.63, 3.8) is 0 Å². The molecule has 2 unspecified atom stereocenters. The first-order chi connectivity index (χ1) is 19.0. The first-order valence-electron chi connectivity index (χ1n) is 15.1. The molecule has 11 heteroatoms. The largest absolute Gasteiger partial charge is 0.414 e. The van der Waals surface area contributed by atoms with Crippen LogP contribution in [0.4, 0.5) is 0 Å². The summed E-state index contributed by atoms with van der Waals surface area (Å²) in [7, 11) is -6.37. The van der Waals surface area contributed by atoms with Crippen molar-refractivity contribution in [2.24, 2.45) is 5.92 Å². The lowest BCUT2D eigenvalue weighted by Crippen LogP contribution is -2.49. The monoisotopic (exact) mass is 646 g/mol. The van der Waals surface area contributed by atoms with Gasteiger partial charge in [0.1, 0.15) is 0 Å². The van der Waals surface area contributed by atoms with Crippen molar-refractivity contribution in [1.82, 2.24) is 0 Å². The van der Waals surface area contributed by atoms with Gasteiger partial charge in [0, 0.05) is 25.9 Å². The highest BCUT2D eigenvalue weighted by atomic mass is 32.2. The number of benzene rings is 1. The van der Waals surface area contributed by atoms with Gasteiger partial charge in [0.05, 0.1) is 54.4 Å². The zero-order valence-corrected chi connectivity index (χ0v) is 30.9. The van der Waals surface area contributed by atoms with Gasteiger partial charge in [-0.1, -0.05) is 59.2 Å². The van der Waals surface area contributed by atoms with Crippen LogP contribution in [-0.2, 0) is 28.2 Å². The summed E-state index contributed by atoms with van der Waals surface area (Å²) in [6.07, 6.45) is -2.36. The van der Waals surface area contributed by atoms with E-state index in [1.165, 1.54) is 0 Å². The third-order valence-corrected chi connectivity index (χ3v) is 20.4. The molecule has 0 radical (unpaired) electrons. The van der Waals surface area contributed by atoms with Crippen molar-refractivity contribution in [2.75, 3.05) is 26.1 Å². The third-order valence-electron chi connectivity index (χ3n) is 9.59. The van der Waals surface area contributed by atoms with E-state index in [2.05, 4.69) is 67.7 Å². The maximum absolute atomic E-state index is 13.5. The number of aliphatic hydroxyl groups is 2. The molecular weight excluding hydrogens is 589 g/mol. The Morgan fingerprint density at radius 3 is 1.95 bits per heavy atom. The molecule has 244 valence electrons. The molecule has 1 aromatic rings. The van der Waals surface area contributed by atoms with Gasteiger partial charge >= 0.3 is 0 Å². The number of hydrogen-bond acceptors (Lipinski definition) is 8. The van der Waals surface area contributed by atoms with Crippen molar-refractivity contribution in [2.45, 2.75) is 133 Å². The van der Waals surface area contributed by atoms with Crippen LogP contribution in [0.15, 0.2) is 29.2 Å². The lowest BCUT2D eigenvalue weighted by molar-refractivity contribution is -0.0477. The molecule has 1 aromatic carbocycles. The van der Waals surface area contributed by atoms with Crippen LogP contribution in [0.25, 0.3) is 0 Å². The smallest absolute Gasteiger partial charge is 0.192 e. The second kappa shape index (κ2) is 14.2. The number of ether oxygens (including phenoxy) is 2. The number of aryl methyl sites for hydroxylation is 1. The Balaban J connectivity index is 2.41. The van der Waals surface area contributed by atoms with Gasteiger partial charge in [-0.15, -0.1) is 0 Å². The van der Waals surface area contributed by atoms with Gasteiger partial charge in [-0.2, -0.15) is 0 Å². The molecule has 2 rings (SSSR count). The first kappa shape index (κ1) is 37.6. The Kier molecular flexibility index (Phi) is 12.7. The van der Waals surface area contributed by atoms with Gasteiger partial charge in [-0.3, -0.25) is 0 Å². The van der Waals surface area contributed by atoms with Crippen molar-refractivity contribution >= 4 is 26.5 Å². The SMILES string of the molecule is CO[C@@H]1[C@@H](CS(=O)(=O)c2ccc(C)cc2)[C@H](CC(O)CO)O[C@@H]1CC(CO[Si](C)(C)C(C)(C)C)O[Si](C)(C)C(C)(C)C. The van der Waals surface area contributed by atoms with E-state index in [4.69, 9.17) is 18.3 Å². The Hall–Kier alpha value is -0.636. The van der Waals surface area contributed by atoms with E-state index in [0.29, 0.717) is 13.0 Å². The van der Waals surface area contributed by atoms with Crippen LogP contribution in [0.2, 0.25) is 36.3 Å². The second-order valence-electron chi connectivity index (χ2n) is 15.1. The molecule has 0 bridgehead atoms. The number of rotatable bonds is 14. The van der Waals surface area contributed by atoms with Gasteiger partial charge in [-0.05, 0) is 55.3 Å². The maximum Gasteiger partial charge on any atom is 0.192 e. The fourth-order valence-corrected chi connectivity index (χ4v) is 8.84. The van der Waals surface area contributed by atoms with Gasteiger partial charge in [0.25, 0.3) is 0 Å². The molecule has 0 aliphatic carbocycles. The van der Waals surface area contributed by atoms with Crippen LogP contribution in [0.3, 0.4) is 0 Å². The summed E-state index contributed by atoms with van der Waals surface area (Å²) in [4.78, 5) is 0.245. The number of hydrogen-bond donors (Lipinski definition) is 2. The van der Waals surface area contributed by atoms with Crippen LogP contribution >= 0.6 is 0 Å². The average Bonchev–Trinajstić information content (AvgIpc) is 3.15. The van der Waals surface area contributed by atoms with Gasteiger partial charge in [0.2, 0.25) is 0 Å². The molecule has 0 spiro atoms. The van der Waals surface area contributed by atoms with E-state index in [1.54, 1.807) is 31.4 Å². The van der Waals surface area contributed by atoms with Gasteiger partial charge < -0.3 is 28.5 Å². The minimum atomic E-state index is -3.67. The van der Waals surface area contributed by atoms with E-state index in [0.717, 1.165) is 5.56 Å². The van der Waals surface area contributed by atoms with Crippen LogP contribution in [-0.4, -0.2) is 91.9 Å². The summed E-state index contributed by atoms with van der Waals surface area (Å²) in [6.45, 7) is 24.0. The van der Waals surface area contributed by atoms with Gasteiger partial charge in [-0.25, -0.2) is 8.42 Å². The summed E-state index contributed by atoms with van der Waals surface area (Å²) in [6, 6.07) is 6.82. The summed E-state index contributed by atoms with van der Waals surface area (Å²) in [5.74, 6) is -0.732. The molecule has 0 saturated carbocycles. The maximum atomic E-state index is 13.5. The highest BCUT2D eigenvalue weighted by Crippen LogP contribution is 2.41. The van der Waals surface area contributed by atoms with E-state index < -0.39 is 63.4 Å². The van der Waals surface area contributed by atoms with E-state index in [-0.39, 0.29) is 33.2 Å². The summed E-state index contributed by atoms with van der Waals surface area (Å²) in [5, 5.41) is 20.0. The van der Waals surface area contributed by atoms with Crippen LogP contribution < -0.4 is 0 Å². The second-order valence-corrected chi connectivity index (χ2v) is 26.7. The van der Waals surface area contributed by atoms with Gasteiger partial charge in [0.15, 0.2) is 26.5 Å². The van der Waals surface area contributed by atoms with E-state index in [1.807, 2.05) is 6.92 Å². The molecule has 0 amide bonds. The third kappa shape index (κ3) is 9.68. The Morgan fingerprint density at radius 2 is 1.48 bits per heavy atom. The lowest BCUT2D eigenvalue weighted by Gasteiger charge is -2.42. The van der Waals surface area contributed by atoms with E-state index in [9.17, 15) is 18.6 Å². The molecule has 8 nitrogen and oxygen atoms in total. The van der Waals surface area contributed by atoms with Crippen molar-refractivity contribution < 1.29 is 37.0 Å². The fourth-order valence-electron chi connectivity index (χ4n) is 4.80. The van der Waals surface area contributed by atoms with Crippen molar-refractivity contribution in [3.05, 3.63) is 29.8 Å². The normalized spacial score (nSPS) is 24.1. The zero-order valence-electron chi connectivity index (χ0n) is 28.1. The molecule has 1 saturated heterocycles. The summed E-state index contributed by atoms with van der Waals surface area (Å²) in [5.41, 5.74) is 0.976. The highest BCUT2D eigenvalue weighted by Gasteiger charge is 2.49. The highest BCUT2D eigenvalue weighted by molar-refractivity contribution is 7.91. The van der Waals surface area contributed by atoms with Crippen LogP contribution in [0.1, 0.15) is 59.9 Å². The lowest BCUT2D eigenvalue weighted by atomic mass is 9.93. The predicted molar refractivity (Wildman–Crippen MR) is 174 cm³/mol. The molecule has 42 heavy (non-hydrogen) atoms. The molecule has 0 aromatic heterocycles. The Bertz CT molecular complexity index is 1090. The summed E-state index contributed by atoms with van der Waals surface area (Å²) >= 11 is 0. The van der Waals surface area contributed by atoms with Crippen LogP contribution in [0, 0.1) is 12.8 Å². The number of sulfone groups is 1. The molecule has 6 atom stereocenters. The minimum absolute atomic E-state index is 0.0160. The quantitative estimate of drug-likeness (QED) is 0.247. The van der Waals surface area contributed by atoms with E-state index >= 15 is 0 Å². The minimum Gasteiger partial charge on any atom is -0.414 e. The molecule has 2 N–H and O–H groups in total. The number of aliphatic hydroxyl groups excluding tert-OH is 2. The standard InChI is InChI=1S/C31H58O8SSi2/c1-22-13-15-25(16-14-22)40(34,35)21-26-27(17-23(33)19-32)38-28(29(26)36-8)18-24(39-42(11,12)31(5,6)7)20-37-41(9,10)30(2,3)4/h13-16,23-24,26-29,32-33H,17-21H2,1-12H3/t23?,24?,26-,27-,28+,29+/m0/s1. The predicted octanol–water partition coefficient (Wildman–Crippen LogP) is 5.71. The average molecular weight is 647 g/mol. The van der Waals surface area contributed by atoms with Crippen molar-refractivity contribution in [1.29, 1.82) is 0 Å². The summed E-state index contributed by atoms with van der Waals surface area (Å²) < 4.78 is 53.1. The fraction of sp³-hybridized carbons (Fsp3) is 0.806. The molecule has 1 aliphatic heterocycles. The first-order valence-corrected chi connectivity index (χ1v) is 22.6. The Labute approximate surface area is 257 Å². The molecule has 1 heterocycles. The molecular formula is C31H58O8SSi2. The molecule has 1 fully saturated rings. The topological polar surface area (TPSA) is 112 Å². The zero-order chi connectivity index (χ0) is 32.3. The Morgan fingerprint density at radius 1 is 0.929 bits per heavy atom. The molecule has 1 aliphatic rings. The van der Waals surface area contributed by atoms with Crippen LogP contribution in [0.5, 0.6) is 0 Å². The number of methoxy groups -OCH3 is 1.